The molecule has 0 aliphatic heterocycles. The molecule has 3 aromatic rings. The topological polar surface area (TPSA) is 59.9 Å². The van der Waals surface area contributed by atoms with Crippen molar-refractivity contribution in [3.63, 3.8) is 0 Å². The number of nitrogens with one attached hydrogen (secondary N) is 1. The minimum Gasteiger partial charge on any atom is -0.478 e. The molecule has 1 atom stereocenters. The molecule has 0 saturated carbocycles. The number of aromatic nitrogens is 3. The van der Waals surface area contributed by atoms with Gasteiger partial charge >= 0.3 is 0 Å². The molecule has 1 N–H and O–H groups in total. The van der Waals surface area contributed by atoms with Crippen LogP contribution in [0, 0.1) is 5.82 Å². The molecule has 0 aliphatic carbocycles. The van der Waals surface area contributed by atoms with E-state index < -0.39 is 0 Å². The molecule has 0 fully saturated rings. The zero-order valence-electron chi connectivity index (χ0n) is 13.2. The Morgan fingerprint density at radius 3 is 2.50 bits per heavy atom. The first-order chi connectivity index (χ1) is 11.8. The van der Waals surface area contributed by atoms with Gasteiger partial charge in [0, 0.05) is 18.5 Å². The third-order valence-electron chi connectivity index (χ3n) is 3.42. The molecule has 2 heterocycles. The molecule has 0 aliphatic rings. The summed E-state index contributed by atoms with van der Waals surface area (Å²) in [6.45, 7) is 2.48. The van der Waals surface area contributed by atoms with Crippen LogP contribution in [-0.2, 0) is 0 Å². The van der Waals surface area contributed by atoms with Gasteiger partial charge in [-0.25, -0.2) is 9.37 Å². The number of nitrogens with zero attached hydrogens (tertiary/aromatic N) is 3. The van der Waals surface area contributed by atoms with Crippen molar-refractivity contribution < 1.29 is 9.13 Å². The number of benzene rings is 1. The Kier molecular flexibility index (Phi) is 4.96. The molecule has 2 aromatic heterocycles. The van der Waals surface area contributed by atoms with E-state index in [1.54, 1.807) is 43.0 Å². The Morgan fingerprint density at radius 1 is 1.04 bits per heavy atom. The number of rotatable bonds is 6. The van der Waals surface area contributed by atoms with E-state index >= 15 is 0 Å². The lowest BCUT2D eigenvalue weighted by Gasteiger charge is -2.19. The van der Waals surface area contributed by atoms with Crippen molar-refractivity contribution in [2.75, 3.05) is 11.9 Å². The molecular formula is C18H17FN4O. The van der Waals surface area contributed by atoms with Crippen molar-refractivity contribution in [3.05, 3.63) is 78.3 Å². The standard InChI is InChI=1S/C18H17FN4O/c1-2-24-17-8-7-15(11-22-17)23-18(16-12-20-9-10-21-16)13-3-5-14(19)6-4-13/h3-12,18,23H,2H2,1H3. The van der Waals surface area contributed by atoms with Gasteiger partial charge in [-0.05, 0) is 30.7 Å². The van der Waals surface area contributed by atoms with Gasteiger partial charge < -0.3 is 10.1 Å². The quantitative estimate of drug-likeness (QED) is 0.750. The highest BCUT2D eigenvalue weighted by Crippen LogP contribution is 2.25. The highest BCUT2D eigenvalue weighted by molar-refractivity contribution is 5.47. The third kappa shape index (κ3) is 3.84. The van der Waals surface area contributed by atoms with Gasteiger partial charge in [0.15, 0.2) is 0 Å². The van der Waals surface area contributed by atoms with E-state index in [4.69, 9.17) is 4.74 Å². The van der Waals surface area contributed by atoms with Crippen LogP contribution in [0.3, 0.4) is 0 Å². The predicted octanol–water partition coefficient (Wildman–Crippen LogP) is 3.61. The fraction of sp³-hybridized carbons (Fsp3) is 0.167. The fourth-order valence-electron chi connectivity index (χ4n) is 2.31. The molecule has 1 aromatic carbocycles. The van der Waals surface area contributed by atoms with Crippen molar-refractivity contribution in [2.24, 2.45) is 0 Å². The summed E-state index contributed by atoms with van der Waals surface area (Å²) in [6.07, 6.45) is 6.62. The SMILES string of the molecule is CCOc1ccc(NC(c2ccc(F)cc2)c2cnccn2)cn1. The second-order valence-electron chi connectivity index (χ2n) is 5.08. The van der Waals surface area contributed by atoms with Crippen LogP contribution in [0.4, 0.5) is 10.1 Å². The Bertz CT molecular complexity index is 763. The van der Waals surface area contributed by atoms with Crippen LogP contribution in [0.25, 0.3) is 0 Å². The average Bonchev–Trinajstić information content (AvgIpc) is 2.63. The molecule has 0 amide bonds. The summed E-state index contributed by atoms with van der Waals surface area (Å²) in [6, 6.07) is 9.72. The monoisotopic (exact) mass is 324 g/mol. The zero-order valence-corrected chi connectivity index (χ0v) is 13.2. The van der Waals surface area contributed by atoms with E-state index in [1.165, 1.54) is 12.1 Å². The van der Waals surface area contributed by atoms with Gasteiger partial charge in [-0.3, -0.25) is 9.97 Å². The Morgan fingerprint density at radius 2 is 1.88 bits per heavy atom. The lowest BCUT2D eigenvalue weighted by atomic mass is 10.0. The van der Waals surface area contributed by atoms with Gasteiger partial charge in [-0.2, -0.15) is 0 Å². The molecule has 0 radical (unpaired) electrons. The minimum atomic E-state index is -0.278. The molecule has 0 spiro atoms. The van der Waals surface area contributed by atoms with Crippen LogP contribution in [0.15, 0.2) is 61.2 Å². The van der Waals surface area contributed by atoms with Gasteiger partial charge in [-0.15, -0.1) is 0 Å². The van der Waals surface area contributed by atoms with E-state index in [0.29, 0.717) is 12.5 Å². The van der Waals surface area contributed by atoms with Gasteiger partial charge in [0.25, 0.3) is 0 Å². The minimum absolute atomic E-state index is 0.265. The first kappa shape index (κ1) is 15.9. The Labute approximate surface area is 139 Å². The average molecular weight is 324 g/mol. The predicted molar refractivity (Wildman–Crippen MR) is 89.3 cm³/mol. The van der Waals surface area contributed by atoms with Crippen LogP contribution < -0.4 is 10.1 Å². The maximum Gasteiger partial charge on any atom is 0.213 e. The van der Waals surface area contributed by atoms with E-state index in [9.17, 15) is 4.39 Å². The summed E-state index contributed by atoms with van der Waals surface area (Å²) in [4.78, 5) is 12.7. The van der Waals surface area contributed by atoms with Crippen molar-refractivity contribution >= 4 is 5.69 Å². The van der Waals surface area contributed by atoms with Crippen molar-refractivity contribution in [2.45, 2.75) is 13.0 Å². The first-order valence-corrected chi connectivity index (χ1v) is 7.63. The first-order valence-electron chi connectivity index (χ1n) is 7.63. The normalized spacial score (nSPS) is 11.8. The fourth-order valence-corrected chi connectivity index (χ4v) is 2.31. The molecule has 1 unspecified atom stereocenters. The molecule has 6 heteroatoms. The number of ether oxygens (including phenoxy) is 1. The number of hydrogen-bond acceptors (Lipinski definition) is 5. The smallest absolute Gasteiger partial charge is 0.213 e. The van der Waals surface area contributed by atoms with Crippen molar-refractivity contribution in [1.82, 2.24) is 15.0 Å². The van der Waals surface area contributed by atoms with E-state index in [2.05, 4.69) is 20.3 Å². The van der Waals surface area contributed by atoms with E-state index in [0.717, 1.165) is 16.9 Å². The van der Waals surface area contributed by atoms with Gasteiger partial charge in [0.2, 0.25) is 5.88 Å². The molecule has 24 heavy (non-hydrogen) atoms. The Hall–Kier alpha value is -3.02. The van der Waals surface area contributed by atoms with Gasteiger partial charge in [0.05, 0.1) is 36.4 Å². The lowest BCUT2D eigenvalue weighted by molar-refractivity contribution is 0.327. The number of hydrogen-bond donors (Lipinski definition) is 1. The number of halogens is 1. The van der Waals surface area contributed by atoms with E-state index in [1.807, 2.05) is 13.0 Å². The zero-order chi connectivity index (χ0) is 16.8. The van der Waals surface area contributed by atoms with Crippen LogP contribution in [0.1, 0.15) is 24.2 Å². The highest BCUT2D eigenvalue weighted by Gasteiger charge is 2.16. The Balaban J connectivity index is 1.88. The molecule has 122 valence electrons. The van der Waals surface area contributed by atoms with Crippen molar-refractivity contribution in [3.8, 4) is 5.88 Å². The largest absolute Gasteiger partial charge is 0.478 e. The van der Waals surface area contributed by atoms with Crippen LogP contribution in [0.5, 0.6) is 5.88 Å². The van der Waals surface area contributed by atoms with Crippen LogP contribution >= 0.6 is 0 Å². The third-order valence-corrected chi connectivity index (χ3v) is 3.42. The molecular weight excluding hydrogens is 307 g/mol. The summed E-state index contributed by atoms with van der Waals surface area (Å²) < 4.78 is 18.6. The van der Waals surface area contributed by atoms with Crippen molar-refractivity contribution in [1.29, 1.82) is 0 Å². The molecule has 3 rings (SSSR count). The van der Waals surface area contributed by atoms with E-state index in [-0.39, 0.29) is 11.9 Å². The second-order valence-corrected chi connectivity index (χ2v) is 5.08. The van der Waals surface area contributed by atoms with Gasteiger partial charge in [0.1, 0.15) is 5.82 Å². The van der Waals surface area contributed by atoms with Crippen LogP contribution in [0.2, 0.25) is 0 Å². The number of pyridine rings is 1. The second kappa shape index (κ2) is 7.50. The molecule has 0 saturated heterocycles. The summed E-state index contributed by atoms with van der Waals surface area (Å²) in [5.41, 5.74) is 2.42. The van der Waals surface area contributed by atoms with Crippen LogP contribution in [-0.4, -0.2) is 21.6 Å². The maximum atomic E-state index is 13.2. The highest BCUT2D eigenvalue weighted by atomic mass is 19.1. The number of anilines is 1. The summed E-state index contributed by atoms with van der Waals surface area (Å²) in [5, 5.41) is 3.36. The van der Waals surface area contributed by atoms with Gasteiger partial charge in [-0.1, -0.05) is 12.1 Å². The molecule has 5 nitrogen and oxygen atoms in total. The molecule has 0 bridgehead atoms. The lowest BCUT2D eigenvalue weighted by Crippen LogP contribution is -2.14. The maximum absolute atomic E-state index is 13.2. The summed E-state index contributed by atoms with van der Waals surface area (Å²) in [5.74, 6) is 0.292. The summed E-state index contributed by atoms with van der Waals surface area (Å²) >= 11 is 0. The summed E-state index contributed by atoms with van der Waals surface area (Å²) in [7, 11) is 0.